The van der Waals surface area contributed by atoms with Crippen LogP contribution in [-0.4, -0.2) is 4.98 Å². The molecule has 0 aliphatic carbocycles. The van der Waals surface area contributed by atoms with Crippen LogP contribution < -0.4 is 0 Å². The van der Waals surface area contributed by atoms with Crippen LogP contribution in [0, 0.1) is 0 Å². The first-order chi connectivity index (χ1) is 9.93. The molecule has 0 saturated heterocycles. The number of hydrogen-bond acceptors (Lipinski definition) is 2. The van der Waals surface area contributed by atoms with E-state index in [0.29, 0.717) is 0 Å². The van der Waals surface area contributed by atoms with Crippen LogP contribution in [0.1, 0.15) is 96.1 Å². The van der Waals surface area contributed by atoms with Crippen molar-refractivity contribution in [2.24, 2.45) is 0 Å². The molecule has 1 heterocycles. The third kappa shape index (κ3) is 10.4. The lowest BCUT2D eigenvalue weighted by Crippen LogP contribution is -1.86. The maximum absolute atomic E-state index is 4.33. The molecule has 116 valence electrons. The number of thiazole rings is 1. The SMILES string of the molecule is CCCCCCCCCCCCCCCc1cscn1. The van der Waals surface area contributed by atoms with E-state index in [1.165, 1.54) is 95.6 Å². The van der Waals surface area contributed by atoms with E-state index in [0.717, 1.165) is 0 Å². The third-order valence-corrected chi connectivity index (χ3v) is 4.66. The predicted molar refractivity (Wildman–Crippen MR) is 91.5 cm³/mol. The Balaban J connectivity index is 1.70. The summed E-state index contributed by atoms with van der Waals surface area (Å²) in [5, 5.41) is 2.18. The fourth-order valence-electron chi connectivity index (χ4n) is 2.68. The van der Waals surface area contributed by atoms with Crippen LogP contribution in [0.5, 0.6) is 0 Å². The first-order valence-electron chi connectivity index (χ1n) is 8.80. The topological polar surface area (TPSA) is 12.9 Å². The van der Waals surface area contributed by atoms with Gasteiger partial charge in [0.25, 0.3) is 0 Å². The van der Waals surface area contributed by atoms with E-state index in [1.54, 1.807) is 11.3 Å². The first-order valence-corrected chi connectivity index (χ1v) is 9.75. The van der Waals surface area contributed by atoms with Gasteiger partial charge in [0.1, 0.15) is 0 Å². The van der Waals surface area contributed by atoms with Crippen molar-refractivity contribution in [3.05, 3.63) is 16.6 Å². The van der Waals surface area contributed by atoms with Gasteiger partial charge in [-0.2, -0.15) is 0 Å². The van der Waals surface area contributed by atoms with Gasteiger partial charge in [0, 0.05) is 5.38 Å². The molecule has 0 radical (unpaired) electrons. The second kappa shape index (κ2) is 13.6. The van der Waals surface area contributed by atoms with Crippen molar-refractivity contribution in [1.29, 1.82) is 0 Å². The highest BCUT2D eigenvalue weighted by molar-refractivity contribution is 7.07. The van der Waals surface area contributed by atoms with Crippen molar-refractivity contribution in [1.82, 2.24) is 4.98 Å². The van der Waals surface area contributed by atoms with E-state index >= 15 is 0 Å². The summed E-state index contributed by atoms with van der Waals surface area (Å²) < 4.78 is 0. The molecular formula is C18H33NS. The first kappa shape index (κ1) is 17.7. The van der Waals surface area contributed by atoms with E-state index in [4.69, 9.17) is 0 Å². The molecular weight excluding hydrogens is 262 g/mol. The van der Waals surface area contributed by atoms with Crippen LogP contribution in [0.25, 0.3) is 0 Å². The molecule has 0 fully saturated rings. The lowest BCUT2D eigenvalue weighted by atomic mass is 10.0. The average molecular weight is 296 g/mol. The smallest absolute Gasteiger partial charge is 0.0794 e. The van der Waals surface area contributed by atoms with Gasteiger partial charge in [0.2, 0.25) is 0 Å². The molecule has 1 rings (SSSR count). The Kier molecular flexibility index (Phi) is 12.0. The Morgan fingerprint density at radius 2 is 1.25 bits per heavy atom. The molecule has 1 nitrogen and oxygen atoms in total. The summed E-state index contributed by atoms with van der Waals surface area (Å²) in [4.78, 5) is 4.33. The third-order valence-electron chi connectivity index (χ3n) is 4.02. The fraction of sp³-hybridized carbons (Fsp3) is 0.833. The molecule has 0 unspecified atom stereocenters. The Hall–Kier alpha value is -0.370. The molecule has 0 aromatic carbocycles. The van der Waals surface area contributed by atoms with Crippen LogP contribution in [0.2, 0.25) is 0 Å². The van der Waals surface area contributed by atoms with Gasteiger partial charge in [-0.25, -0.2) is 4.98 Å². The zero-order valence-electron chi connectivity index (χ0n) is 13.4. The van der Waals surface area contributed by atoms with Crippen LogP contribution in [0.15, 0.2) is 10.9 Å². The molecule has 0 spiro atoms. The van der Waals surface area contributed by atoms with Crippen LogP contribution in [-0.2, 0) is 6.42 Å². The summed E-state index contributed by atoms with van der Waals surface area (Å²) in [5.74, 6) is 0. The minimum absolute atomic E-state index is 1.18. The highest BCUT2D eigenvalue weighted by atomic mass is 32.1. The second-order valence-corrected chi connectivity index (χ2v) is 6.69. The largest absolute Gasteiger partial charge is 0.250 e. The molecule has 0 aliphatic heterocycles. The summed E-state index contributed by atoms with van der Waals surface area (Å²) in [7, 11) is 0. The zero-order chi connectivity index (χ0) is 14.3. The molecule has 0 atom stereocenters. The maximum atomic E-state index is 4.33. The predicted octanol–water partition coefficient (Wildman–Crippen LogP) is 6.78. The van der Waals surface area contributed by atoms with Crippen LogP contribution in [0.3, 0.4) is 0 Å². The molecule has 0 amide bonds. The quantitative estimate of drug-likeness (QED) is 0.345. The fourth-order valence-corrected chi connectivity index (χ4v) is 3.28. The van der Waals surface area contributed by atoms with Crippen molar-refractivity contribution >= 4 is 11.3 Å². The molecule has 1 aromatic rings. The van der Waals surface area contributed by atoms with E-state index in [9.17, 15) is 0 Å². The highest BCUT2D eigenvalue weighted by Crippen LogP contribution is 2.13. The normalized spacial score (nSPS) is 11.1. The average Bonchev–Trinajstić information content (AvgIpc) is 2.97. The van der Waals surface area contributed by atoms with Crippen molar-refractivity contribution < 1.29 is 0 Å². The highest BCUT2D eigenvalue weighted by Gasteiger charge is 1.96. The summed E-state index contributed by atoms with van der Waals surface area (Å²) in [6, 6.07) is 0. The van der Waals surface area contributed by atoms with Gasteiger partial charge >= 0.3 is 0 Å². The van der Waals surface area contributed by atoms with Crippen molar-refractivity contribution in [3.8, 4) is 0 Å². The zero-order valence-corrected chi connectivity index (χ0v) is 14.2. The lowest BCUT2D eigenvalue weighted by molar-refractivity contribution is 0.539. The minimum atomic E-state index is 1.18. The number of rotatable bonds is 14. The molecule has 20 heavy (non-hydrogen) atoms. The molecule has 0 aliphatic rings. The number of aryl methyl sites for hydroxylation is 1. The Morgan fingerprint density at radius 1 is 0.750 bits per heavy atom. The summed E-state index contributed by atoms with van der Waals surface area (Å²) in [6.07, 6.45) is 19.8. The van der Waals surface area contributed by atoms with E-state index in [2.05, 4.69) is 17.3 Å². The van der Waals surface area contributed by atoms with Gasteiger partial charge in [-0.05, 0) is 12.8 Å². The Morgan fingerprint density at radius 3 is 1.70 bits per heavy atom. The van der Waals surface area contributed by atoms with Crippen LogP contribution >= 0.6 is 11.3 Å². The summed E-state index contributed by atoms with van der Waals surface area (Å²) >= 11 is 1.71. The molecule has 0 N–H and O–H groups in total. The second-order valence-electron chi connectivity index (χ2n) is 5.97. The van der Waals surface area contributed by atoms with Crippen molar-refractivity contribution in [2.45, 2.75) is 96.8 Å². The maximum Gasteiger partial charge on any atom is 0.0794 e. The molecule has 2 heteroatoms. The summed E-state index contributed by atoms with van der Waals surface area (Å²) in [6.45, 7) is 2.29. The van der Waals surface area contributed by atoms with E-state index in [1.807, 2.05) is 5.51 Å². The summed E-state index contributed by atoms with van der Waals surface area (Å²) in [5.41, 5.74) is 3.23. The Labute approximate surface area is 130 Å². The van der Waals surface area contributed by atoms with Gasteiger partial charge < -0.3 is 0 Å². The van der Waals surface area contributed by atoms with Crippen molar-refractivity contribution in [2.75, 3.05) is 0 Å². The monoisotopic (exact) mass is 295 g/mol. The van der Waals surface area contributed by atoms with E-state index in [-0.39, 0.29) is 0 Å². The lowest BCUT2D eigenvalue weighted by Gasteiger charge is -2.02. The number of nitrogens with zero attached hydrogens (tertiary/aromatic N) is 1. The molecule has 0 bridgehead atoms. The van der Waals surface area contributed by atoms with Gasteiger partial charge in [0.05, 0.1) is 11.2 Å². The Bertz CT molecular complexity index is 282. The number of unbranched alkanes of at least 4 members (excludes halogenated alkanes) is 12. The number of hydrogen-bond donors (Lipinski definition) is 0. The molecule has 1 aromatic heterocycles. The van der Waals surface area contributed by atoms with Crippen molar-refractivity contribution in [3.63, 3.8) is 0 Å². The standard InChI is InChI=1S/C18H33NS/c1-2-3-4-5-6-7-8-9-10-11-12-13-14-15-18-16-20-17-19-18/h16-17H,2-15H2,1H3. The number of aromatic nitrogens is 1. The van der Waals surface area contributed by atoms with E-state index < -0.39 is 0 Å². The van der Waals surface area contributed by atoms with Gasteiger partial charge in [-0.1, -0.05) is 84.0 Å². The van der Waals surface area contributed by atoms with Gasteiger partial charge in [-0.15, -0.1) is 11.3 Å². The minimum Gasteiger partial charge on any atom is -0.250 e. The van der Waals surface area contributed by atoms with Crippen LogP contribution in [0.4, 0.5) is 0 Å². The van der Waals surface area contributed by atoms with Gasteiger partial charge in [-0.3, -0.25) is 0 Å². The molecule has 0 saturated carbocycles. The van der Waals surface area contributed by atoms with Gasteiger partial charge in [0.15, 0.2) is 0 Å².